The van der Waals surface area contributed by atoms with Gasteiger partial charge in [-0.2, -0.15) is 18.4 Å². The summed E-state index contributed by atoms with van der Waals surface area (Å²) in [6.45, 7) is 7.94. The molecule has 0 aliphatic heterocycles. The summed E-state index contributed by atoms with van der Waals surface area (Å²) in [4.78, 5) is 2.55. The predicted octanol–water partition coefficient (Wildman–Crippen LogP) is 3.70. The molecule has 0 bridgehead atoms. The Morgan fingerprint density at radius 1 is 1.00 bits per heavy atom. The predicted molar refractivity (Wildman–Crippen MR) is 94.2 cm³/mol. The van der Waals surface area contributed by atoms with Gasteiger partial charge in [0.2, 0.25) is 0 Å². The quantitative estimate of drug-likeness (QED) is 0.671. The van der Waals surface area contributed by atoms with Crippen molar-refractivity contribution in [2.75, 3.05) is 0 Å². The highest BCUT2D eigenvalue weighted by Crippen LogP contribution is 2.13. The molecular weight excluding hydrogens is 308 g/mol. The lowest BCUT2D eigenvalue weighted by Crippen LogP contribution is -2.20. The van der Waals surface area contributed by atoms with E-state index in [4.69, 9.17) is 0 Å². The average Bonchev–Trinajstić information content (AvgIpc) is 2.51. The minimum atomic E-state index is -3.65. The van der Waals surface area contributed by atoms with Crippen LogP contribution in [-0.4, -0.2) is 14.1 Å². The third kappa shape index (κ3) is 4.20. The van der Waals surface area contributed by atoms with E-state index in [9.17, 15) is 8.42 Å². The first-order valence-electron chi connectivity index (χ1n) is 7.56. The van der Waals surface area contributed by atoms with Crippen molar-refractivity contribution in [1.29, 1.82) is 0 Å². The summed E-state index contributed by atoms with van der Waals surface area (Å²) >= 11 is 0. The molecule has 0 saturated carbocycles. The molecule has 0 aliphatic carbocycles. The fourth-order valence-corrected chi connectivity index (χ4v) is 2.98. The number of nitrogens with one attached hydrogen (secondary N) is 1. The van der Waals surface area contributed by atoms with E-state index in [-0.39, 0.29) is 4.90 Å². The van der Waals surface area contributed by atoms with Crippen LogP contribution in [0.2, 0.25) is 0 Å². The summed E-state index contributed by atoms with van der Waals surface area (Å²) in [5, 5.41) is 4.13. The zero-order valence-electron chi connectivity index (χ0n) is 13.9. The molecule has 0 spiro atoms. The van der Waals surface area contributed by atoms with E-state index < -0.39 is 10.0 Å². The molecule has 122 valence electrons. The van der Waals surface area contributed by atoms with Gasteiger partial charge in [0.05, 0.1) is 10.6 Å². The van der Waals surface area contributed by atoms with Crippen LogP contribution in [0.1, 0.15) is 35.6 Å². The Hall–Kier alpha value is -2.14. The molecule has 0 unspecified atom stereocenters. The Morgan fingerprint density at radius 3 is 2.22 bits per heavy atom. The van der Waals surface area contributed by atoms with Crippen LogP contribution < -0.4 is 4.83 Å². The van der Waals surface area contributed by atoms with Crippen LogP contribution in [0.4, 0.5) is 0 Å². The van der Waals surface area contributed by atoms with E-state index in [1.807, 2.05) is 45.9 Å². The molecule has 0 radical (unpaired) electrons. The first-order chi connectivity index (χ1) is 10.8. The second-order valence-corrected chi connectivity index (χ2v) is 7.28. The second kappa shape index (κ2) is 6.96. The second-order valence-electron chi connectivity index (χ2n) is 5.62. The lowest BCUT2D eigenvalue weighted by Gasteiger charge is -2.09. The topological polar surface area (TPSA) is 58.5 Å². The van der Waals surface area contributed by atoms with E-state index >= 15 is 0 Å². The van der Waals surface area contributed by atoms with Gasteiger partial charge in [-0.1, -0.05) is 36.8 Å². The number of hydrogen-bond acceptors (Lipinski definition) is 3. The average molecular weight is 330 g/mol. The molecule has 0 heterocycles. The third-order valence-corrected chi connectivity index (χ3v) is 5.03. The monoisotopic (exact) mass is 330 g/mol. The van der Waals surface area contributed by atoms with Crippen molar-refractivity contribution in [2.45, 2.75) is 39.0 Å². The smallest absolute Gasteiger partial charge is 0.200 e. The third-order valence-electron chi connectivity index (χ3n) is 3.81. The lowest BCUT2D eigenvalue weighted by atomic mass is 10.0. The van der Waals surface area contributed by atoms with E-state index in [0.29, 0.717) is 12.1 Å². The number of benzene rings is 2. The highest BCUT2D eigenvalue weighted by molar-refractivity contribution is 7.89. The van der Waals surface area contributed by atoms with Crippen LogP contribution in [-0.2, 0) is 10.0 Å². The summed E-state index contributed by atoms with van der Waals surface area (Å²) in [5.41, 5.74) is 5.01. The summed E-state index contributed by atoms with van der Waals surface area (Å²) in [5.74, 6) is 0. The Morgan fingerprint density at radius 2 is 1.65 bits per heavy atom. The number of hydrogen-bond donors (Lipinski definition) is 1. The Kier molecular flexibility index (Phi) is 5.21. The molecule has 2 rings (SSSR count). The van der Waals surface area contributed by atoms with E-state index in [2.05, 4.69) is 9.93 Å². The minimum Gasteiger partial charge on any atom is -0.200 e. The van der Waals surface area contributed by atoms with E-state index in [1.54, 1.807) is 24.3 Å². The van der Waals surface area contributed by atoms with Crippen molar-refractivity contribution >= 4 is 15.7 Å². The van der Waals surface area contributed by atoms with E-state index in [1.165, 1.54) is 5.56 Å². The van der Waals surface area contributed by atoms with Gasteiger partial charge in [-0.05, 0) is 62.1 Å². The number of hydrazone groups is 1. The Bertz CT molecular complexity index is 823. The zero-order valence-corrected chi connectivity index (χ0v) is 14.7. The molecule has 0 aromatic heterocycles. The first kappa shape index (κ1) is 17.2. The maximum Gasteiger partial charge on any atom is 0.276 e. The van der Waals surface area contributed by atoms with Crippen molar-refractivity contribution in [3.05, 3.63) is 64.7 Å². The standard InChI is InChI=1S/C18H22N2O2S/c1-5-18(16-9-8-14(3)15(4)12-16)19-20-23(21,22)17-10-6-13(2)7-11-17/h6-12,20H,5H2,1-4H3. The van der Waals surface area contributed by atoms with Gasteiger partial charge in [-0.15, -0.1) is 0 Å². The van der Waals surface area contributed by atoms with Gasteiger partial charge in [0.15, 0.2) is 0 Å². The Balaban J connectivity index is 2.28. The SMILES string of the molecule is CCC(=NNS(=O)(=O)c1ccc(C)cc1)c1ccc(C)c(C)c1. The van der Waals surface area contributed by atoms with Crippen molar-refractivity contribution in [3.63, 3.8) is 0 Å². The molecule has 1 N–H and O–H groups in total. The molecule has 0 fully saturated rings. The molecule has 2 aromatic carbocycles. The lowest BCUT2D eigenvalue weighted by molar-refractivity contribution is 0.584. The number of sulfonamides is 1. The van der Waals surface area contributed by atoms with Gasteiger partial charge >= 0.3 is 0 Å². The fraction of sp³-hybridized carbons (Fsp3) is 0.278. The van der Waals surface area contributed by atoms with Crippen LogP contribution in [0.15, 0.2) is 52.5 Å². The molecule has 0 saturated heterocycles. The normalized spacial score (nSPS) is 12.3. The van der Waals surface area contributed by atoms with Crippen molar-refractivity contribution in [3.8, 4) is 0 Å². The van der Waals surface area contributed by atoms with E-state index in [0.717, 1.165) is 16.7 Å². The molecule has 0 atom stereocenters. The van der Waals surface area contributed by atoms with Crippen LogP contribution in [0.25, 0.3) is 0 Å². The largest absolute Gasteiger partial charge is 0.276 e. The Labute approximate surface area is 138 Å². The molecule has 23 heavy (non-hydrogen) atoms. The molecule has 0 aliphatic rings. The molecule has 4 nitrogen and oxygen atoms in total. The van der Waals surface area contributed by atoms with Crippen molar-refractivity contribution in [2.24, 2.45) is 5.10 Å². The highest BCUT2D eigenvalue weighted by Gasteiger charge is 2.13. The molecule has 0 amide bonds. The van der Waals surface area contributed by atoms with Crippen LogP contribution >= 0.6 is 0 Å². The van der Waals surface area contributed by atoms with Gasteiger partial charge in [-0.3, -0.25) is 0 Å². The number of nitrogens with zero attached hydrogens (tertiary/aromatic N) is 1. The van der Waals surface area contributed by atoms with Crippen LogP contribution in [0.5, 0.6) is 0 Å². The molecule has 2 aromatic rings. The fourth-order valence-electron chi connectivity index (χ4n) is 2.15. The number of aryl methyl sites for hydroxylation is 3. The van der Waals surface area contributed by atoms with Crippen LogP contribution in [0, 0.1) is 20.8 Å². The summed E-state index contributed by atoms with van der Waals surface area (Å²) in [7, 11) is -3.65. The first-order valence-corrected chi connectivity index (χ1v) is 9.04. The van der Waals surface area contributed by atoms with Gasteiger partial charge in [-0.25, -0.2) is 0 Å². The van der Waals surface area contributed by atoms with Crippen molar-refractivity contribution < 1.29 is 8.42 Å². The molecule has 5 heteroatoms. The summed E-state index contributed by atoms with van der Waals surface area (Å²) in [6, 6.07) is 12.7. The van der Waals surface area contributed by atoms with Crippen LogP contribution in [0.3, 0.4) is 0 Å². The van der Waals surface area contributed by atoms with Gasteiger partial charge in [0, 0.05) is 0 Å². The maximum atomic E-state index is 12.3. The molecular formula is C18H22N2O2S. The highest BCUT2D eigenvalue weighted by atomic mass is 32.2. The minimum absolute atomic E-state index is 0.211. The maximum absolute atomic E-state index is 12.3. The summed E-state index contributed by atoms with van der Waals surface area (Å²) < 4.78 is 24.6. The van der Waals surface area contributed by atoms with Gasteiger partial charge in [0.1, 0.15) is 0 Å². The summed E-state index contributed by atoms with van der Waals surface area (Å²) in [6.07, 6.45) is 0.638. The number of rotatable bonds is 5. The zero-order chi connectivity index (χ0) is 17.0. The van der Waals surface area contributed by atoms with Gasteiger partial charge < -0.3 is 0 Å². The van der Waals surface area contributed by atoms with Gasteiger partial charge in [0.25, 0.3) is 10.0 Å². The van der Waals surface area contributed by atoms with Crippen molar-refractivity contribution in [1.82, 2.24) is 4.83 Å².